The summed E-state index contributed by atoms with van der Waals surface area (Å²) in [5, 5.41) is 3.34. The number of nitrogens with zero attached hydrogens (tertiary/aromatic N) is 1. The van der Waals surface area contributed by atoms with E-state index in [-0.39, 0.29) is 0 Å². The molecule has 1 aromatic carbocycles. The molecule has 0 aliphatic carbocycles. The van der Waals surface area contributed by atoms with Gasteiger partial charge in [-0.1, -0.05) is 15.9 Å². The Balaban J connectivity index is 2.35. The van der Waals surface area contributed by atoms with Gasteiger partial charge in [0.2, 0.25) is 0 Å². The van der Waals surface area contributed by atoms with Gasteiger partial charge in [0, 0.05) is 29.8 Å². The molecule has 0 bridgehead atoms. The summed E-state index contributed by atoms with van der Waals surface area (Å²) in [5.41, 5.74) is 2.78. The second-order valence-electron chi connectivity index (χ2n) is 3.84. The highest BCUT2D eigenvalue weighted by Crippen LogP contribution is 2.28. The Bertz CT molecular complexity index is 338. The molecule has 3 heteroatoms. The summed E-state index contributed by atoms with van der Waals surface area (Å²) in [6.45, 7) is 1.09. The summed E-state index contributed by atoms with van der Waals surface area (Å²) in [5.74, 6) is 0. The number of hydrogen-bond donors (Lipinski definition) is 1. The Hall–Kier alpha value is -0.540. The molecule has 1 aromatic rings. The highest BCUT2D eigenvalue weighted by Gasteiger charge is 2.20. The van der Waals surface area contributed by atoms with Crippen LogP contribution in [0.3, 0.4) is 0 Å². The topological polar surface area (TPSA) is 15.3 Å². The molecule has 76 valence electrons. The Kier molecular flexibility index (Phi) is 2.79. The number of likely N-dealkylation sites (N-methyl/N-ethyl adjacent to an activating group) is 2. The van der Waals surface area contributed by atoms with E-state index in [1.165, 1.54) is 15.7 Å². The van der Waals surface area contributed by atoms with Crippen molar-refractivity contribution in [2.24, 2.45) is 0 Å². The van der Waals surface area contributed by atoms with E-state index in [2.05, 4.69) is 51.4 Å². The maximum absolute atomic E-state index is 3.51. The predicted octanol–water partition coefficient (Wildman–Crippen LogP) is 2.03. The van der Waals surface area contributed by atoms with E-state index >= 15 is 0 Å². The number of benzene rings is 1. The first-order valence-corrected chi connectivity index (χ1v) is 5.67. The number of anilines is 1. The molecular weight excluding hydrogens is 240 g/mol. The summed E-state index contributed by atoms with van der Waals surface area (Å²) in [4.78, 5) is 2.31. The van der Waals surface area contributed by atoms with E-state index in [1.807, 2.05) is 7.05 Å². The number of fused-ring (bicyclic) bond motifs is 1. The van der Waals surface area contributed by atoms with Crippen LogP contribution in [0.25, 0.3) is 0 Å². The Labute approximate surface area is 93.4 Å². The van der Waals surface area contributed by atoms with Crippen LogP contribution >= 0.6 is 15.9 Å². The van der Waals surface area contributed by atoms with Crippen LogP contribution in [0.5, 0.6) is 0 Å². The maximum atomic E-state index is 3.51. The minimum Gasteiger partial charge on any atom is -0.373 e. The zero-order valence-corrected chi connectivity index (χ0v) is 10.1. The molecule has 1 heterocycles. The first-order valence-electron chi connectivity index (χ1n) is 4.87. The van der Waals surface area contributed by atoms with Crippen molar-refractivity contribution in [3.05, 3.63) is 28.2 Å². The van der Waals surface area contributed by atoms with Gasteiger partial charge in [-0.25, -0.2) is 0 Å². The minimum absolute atomic E-state index is 0.571. The molecular formula is C11H15BrN2. The van der Waals surface area contributed by atoms with Gasteiger partial charge in [-0.05, 0) is 37.2 Å². The summed E-state index contributed by atoms with van der Waals surface area (Å²) in [6.07, 6.45) is 1.12. The molecule has 0 saturated heterocycles. The molecule has 1 N–H and O–H groups in total. The smallest absolute Gasteiger partial charge is 0.0398 e. The quantitative estimate of drug-likeness (QED) is 0.826. The van der Waals surface area contributed by atoms with Crippen molar-refractivity contribution >= 4 is 21.6 Å². The first-order chi connectivity index (χ1) is 6.70. The first kappa shape index (κ1) is 9.99. The molecule has 0 amide bonds. The van der Waals surface area contributed by atoms with Crippen molar-refractivity contribution < 1.29 is 0 Å². The summed E-state index contributed by atoms with van der Waals surface area (Å²) < 4.78 is 1.17. The minimum atomic E-state index is 0.571. The van der Waals surface area contributed by atoms with Gasteiger partial charge in [0.15, 0.2) is 0 Å². The van der Waals surface area contributed by atoms with Crippen LogP contribution in [-0.2, 0) is 6.42 Å². The van der Waals surface area contributed by atoms with Gasteiger partial charge in [-0.3, -0.25) is 0 Å². The second-order valence-corrected chi connectivity index (χ2v) is 4.76. The zero-order chi connectivity index (χ0) is 10.1. The van der Waals surface area contributed by atoms with Gasteiger partial charge < -0.3 is 10.2 Å². The summed E-state index contributed by atoms with van der Waals surface area (Å²) in [7, 11) is 4.18. The SMILES string of the molecule is CNC1Cc2cc(Br)ccc2N(C)C1. The molecule has 0 aromatic heterocycles. The van der Waals surface area contributed by atoms with Gasteiger partial charge in [0.1, 0.15) is 0 Å². The van der Waals surface area contributed by atoms with Gasteiger partial charge in [0.25, 0.3) is 0 Å². The fourth-order valence-corrected chi connectivity index (χ4v) is 2.45. The molecule has 2 rings (SSSR count). The Morgan fingerprint density at radius 3 is 3.00 bits per heavy atom. The Morgan fingerprint density at radius 1 is 1.50 bits per heavy atom. The molecule has 1 aliphatic rings. The van der Waals surface area contributed by atoms with Gasteiger partial charge >= 0.3 is 0 Å². The van der Waals surface area contributed by atoms with Crippen LogP contribution in [0.4, 0.5) is 5.69 Å². The lowest BCUT2D eigenvalue weighted by molar-refractivity contribution is 0.537. The zero-order valence-electron chi connectivity index (χ0n) is 8.55. The fourth-order valence-electron chi connectivity index (χ4n) is 2.04. The molecule has 0 radical (unpaired) electrons. The van der Waals surface area contributed by atoms with E-state index in [0.29, 0.717) is 6.04 Å². The number of hydrogen-bond acceptors (Lipinski definition) is 2. The standard InChI is InChI=1S/C11H15BrN2/c1-13-10-6-8-5-9(12)3-4-11(8)14(2)7-10/h3-5,10,13H,6-7H2,1-2H3. The van der Waals surface area contributed by atoms with Crippen LogP contribution < -0.4 is 10.2 Å². The van der Waals surface area contributed by atoms with Crippen molar-refractivity contribution in [3.63, 3.8) is 0 Å². The molecule has 1 atom stereocenters. The molecule has 1 aliphatic heterocycles. The highest BCUT2D eigenvalue weighted by atomic mass is 79.9. The lowest BCUT2D eigenvalue weighted by Crippen LogP contribution is -2.43. The van der Waals surface area contributed by atoms with Gasteiger partial charge in [-0.2, -0.15) is 0 Å². The average Bonchev–Trinajstić information content (AvgIpc) is 2.16. The van der Waals surface area contributed by atoms with Crippen LogP contribution in [-0.4, -0.2) is 26.7 Å². The van der Waals surface area contributed by atoms with Crippen LogP contribution in [0, 0.1) is 0 Å². The monoisotopic (exact) mass is 254 g/mol. The Morgan fingerprint density at radius 2 is 2.29 bits per heavy atom. The van der Waals surface area contributed by atoms with E-state index < -0.39 is 0 Å². The summed E-state index contributed by atoms with van der Waals surface area (Å²) in [6, 6.07) is 7.08. The number of nitrogens with one attached hydrogen (secondary N) is 1. The van der Waals surface area contributed by atoms with Crippen LogP contribution in [0.2, 0.25) is 0 Å². The molecule has 2 nitrogen and oxygen atoms in total. The molecule has 0 saturated carbocycles. The second kappa shape index (κ2) is 3.91. The van der Waals surface area contributed by atoms with Gasteiger partial charge in [-0.15, -0.1) is 0 Å². The van der Waals surface area contributed by atoms with Crippen molar-refractivity contribution in [1.82, 2.24) is 5.32 Å². The third-order valence-corrected chi connectivity index (χ3v) is 3.31. The lowest BCUT2D eigenvalue weighted by Gasteiger charge is -2.33. The maximum Gasteiger partial charge on any atom is 0.0398 e. The average molecular weight is 255 g/mol. The van der Waals surface area contributed by atoms with Crippen LogP contribution in [0.1, 0.15) is 5.56 Å². The fraction of sp³-hybridized carbons (Fsp3) is 0.455. The molecule has 0 fully saturated rings. The van der Waals surface area contributed by atoms with E-state index in [4.69, 9.17) is 0 Å². The van der Waals surface area contributed by atoms with Crippen molar-refractivity contribution in [2.75, 3.05) is 25.5 Å². The predicted molar refractivity (Wildman–Crippen MR) is 64.0 cm³/mol. The van der Waals surface area contributed by atoms with E-state index in [1.54, 1.807) is 0 Å². The summed E-state index contributed by atoms with van der Waals surface area (Å²) >= 11 is 3.51. The third-order valence-electron chi connectivity index (χ3n) is 2.82. The molecule has 14 heavy (non-hydrogen) atoms. The van der Waals surface area contributed by atoms with E-state index in [0.717, 1.165) is 13.0 Å². The third kappa shape index (κ3) is 1.79. The van der Waals surface area contributed by atoms with Crippen molar-refractivity contribution in [1.29, 1.82) is 0 Å². The van der Waals surface area contributed by atoms with E-state index in [9.17, 15) is 0 Å². The van der Waals surface area contributed by atoms with Crippen LogP contribution in [0.15, 0.2) is 22.7 Å². The van der Waals surface area contributed by atoms with Crippen molar-refractivity contribution in [3.8, 4) is 0 Å². The molecule has 1 unspecified atom stereocenters. The largest absolute Gasteiger partial charge is 0.373 e. The number of rotatable bonds is 1. The normalized spacial score (nSPS) is 20.8. The van der Waals surface area contributed by atoms with Gasteiger partial charge in [0.05, 0.1) is 0 Å². The molecule has 0 spiro atoms. The number of halogens is 1. The lowest BCUT2D eigenvalue weighted by atomic mass is 9.99. The van der Waals surface area contributed by atoms with Crippen molar-refractivity contribution in [2.45, 2.75) is 12.5 Å². The highest BCUT2D eigenvalue weighted by molar-refractivity contribution is 9.10.